The van der Waals surface area contributed by atoms with Crippen molar-refractivity contribution in [3.63, 3.8) is 0 Å². The first kappa shape index (κ1) is 12.6. The molecule has 1 nitrogen and oxygen atoms in total. The first-order valence-corrected chi connectivity index (χ1v) is 6.28. The van der Waals surface area contributed by atoms with Crippen LogP contribution in [0, 0.1) is 12.7 Å². The normalized spacial score (nSPS) is 12.2. The van der Waals surface area contributed by atoms with Gasteiger partial charge in [0.25, 0.3) is 0 Å². The molecule has 0 amide bonds. The molecular weight excluding hydrogens is 225 g/mol. The first-order chi connectivity index (χ1) is 8.70. The number of aryl methyl sites for hydroxylation is 1. The van der Waals surface area contributed by atoms with E-state index in [1.807, 2.05) is 24.3 Å². The Balaban J connectivity index is 2.20. The third-order valence-electron chi connectivity index (χ3n) is 3.16. The standard InChI is InChI=1S/C16H18FN/c1-3-15(13-8-10-14(17)11-9-13)18-16-7-5-4-6-12(16)2/h4-11,15,18H,3H2,1-2H3. The largest absolute Gasteiger partial charge is 0.378 e. The number of benzene rings is 2. The van der Waals surface area contributed by atoms with Crippen molar-refractivity contribution < 1.29 is 4.39 Å². The van der Waals surface area contributed by atoms with Crippen LogP contribution in [-0.4, -0.2) is 0 Å². The fourth-order valence-corrected chi connectivity index (χ4v) is 2.04. The molecule has 0 saturated carbocycles. The van der Waals surface area contributed by atoms with Crippen LogP contribution in [0.2, 0.25) is 0 Å². The smallest absolute Gasteiger partial charge is 0.123 e. The highest BCUT2D eigenvalue weighted by Crippen LogP contribution is 2.24. The third-order valence-corrected chi connectivity index (χ3v) is 3.16. The molecule has 2 heteroatoms. The lowest BCUT2D eigenvalue weighted by Crippen LogP contribution is -2.10. The van der Waals surface area contributed by atoms with Gasteiger partial charge in [0.2, 0.25) is 0 Å². The topological polar surface area (TPSA) is 12.0 Å². The Morgan fingerprint density at radius 2 is 1.72 bits per heavy atom. The maximum Gasteiger partial charge on any atom is 0.123 e. The van der Waals surface area contributed by atoms with Gasteiger partial charge in [0.15, 0.2) is 0 Å². The Labute approximate surface area is 108 Å². The Morgan fingerprint density at radius 1 is 1.06 bits per heavy atom. The van der Waals surface area contributed by atoms with Crippen molar-refractivity contribution in [3.05, 3.63) is 65.5 Å². The van der Waals surface area contributed by atoms with Crippen LogP contribution >= 0.6 is 0 Å². The van der Waals surface area contributed by atoms with Gasteiger partial charge in [0.05, 0.1) is 6.04 Å². The minimum absolute atomic E-state index is 0.190. The fourth-order valence-electron chi connectivity index (χ4n) is 2.04. The van der Waals surface area contributed by atoms with Gasteiger partial charge in [0, 0.05) is 5.69 Å². The highest BCUT2D eigenvalue weighted by molar-refractivity contribution is 5.51. The lowest BCUT2D eigenvalue weighted by molar-refractivity contribution is 0.625. The van der Waals surface area contributed by atoms with E-state index in [1.54, 1.807) is 0 Å². The first-order valence-electron chi connectivity index (χ1n) is 6.28. The average Bonchev–Trinajstić information content (AvgIpc) is 2.39. The van der Waals surface area contributed by atoms with Crippen molar-refractivity contribution in [3.8, 4) is 0 Å². The second-order valence-electron chi connectivity index (χ2n) is 4.47. The molecule has 0 bridgehead atoms. The molecule has 2 aromatic carbocycles. The molecule has 1 atom stereocenters. The summed E-state index contributed by atoms with van der Waals surface area (Å²) in [6.07, 6.45) is 0.958. The molecule has 0 fully saturated rings. The van der Waals surface area contributed by atoms with Gasteiger partial charge in [0.1, 0.15) is 5.82 Å². The summed E-state index contributed by atoms with van der Waals surface area (Å²) in [5.41, 5.74) is 3.47. The van der Waals surface area contributed by atoms with Crippen LogP contribution in [0.1, 0.15) is 30.5 Å². The number of rotatable bonds is 4. The summed E-state index contributed by atoms with van der Waals surface area (Å²) in [6.45, 7) is 4.21. The maximum absolute atomic E-state index is 12.9. The fraction of sp³-hybridized carbons (Fsp3) is 0.250. The molecule has 1 unspecified atom stereocenters. The summed E-state index contributed by atoms with van der Waals surface area (Å²) in [5.74, 6) is -0.190. The Bertz CT molecular complexity index is 505. The van der Waals surface area contributed by atoms with E-state index < -0.39 is 0 Å². The van der Waals surface area contributed by atoms with Crippen LogP contribution in [0.15, 0.2) is 48.5 Å². The van der Waals surface area contributed by atoms with Crippen molar-refractivity contribution >= 4 is 5.69 Å². The van der Waals surface area contributed by atoms with Crippen LogP contribution in [0.5, 0.6) is 0 Å². The molecule has 0 aliphatic rings. The van der Waals surface area contributed by atoms with E-state index in [0.29, 0.717) is 0 Å². The van der Waals surface area contributed by atoms with Crippen molar-refractivity contribution in [2.24, 2.45) is 0 Å². The highest BCUT2D eigenvalue weighted by atomic mass is 19.1. The van der Waals surface area contributed by atoms with Gasteiger partial charge in [-0.1, -0.05) is 37.3 Å². The second-order valence-corrected chi connectivity index (χ2v) is 4.47. The third kappa shape index (κ3) is 2.89. The van der Waals surface area contributed by atoms with Gasteiger partial charge in [-0.2, -0.15) is 0 Å². The second kappa shape index (κ2) is 5.67. The monoisotopic (exact) mass is 243 g/mol. The minimum atomic E-state index is -0.190. The molecule has 0 radical (unpaired) electrons. The molecule has 1 N–H and O–H groups in total. The minimum Gasteiger partial charge on any atom is -0.378 e. The van der Waals surface area contributed by atoms with Gasteiger partial charge in [-0.15, -0.1) is 0 Å². The molecule has 0 saturated heterocycles. The zero-order chi connectivity index (χ0) is 13.0. The quantitative estimate of drug-likeness (QED) is 0.821. The summed E-state index contributed by atoms with van der Waals surface area (Å²) < 4.78 is 12.9. The van der Waals surface area contributed by atoms with E-state index >= 15 is 0 Å². The molecule has 2 aromatic rings. The molecule has 0 aliphatic carbocycles. The Kier molecular flexibility index (Phi) is 3.98. The van der Waals surface area contributed by atoms with Crippen LogP contribution in [0.3, 0.4) is 0 Å². The molecule has 2 rings (SSSR count). The molecule has 0 spiro atoms. The van der Waals surface area contributed by atoms with Gasteiger partial charge < -0.3 is 5.32 Å². The van der Waals surface area contributed by atoms with Crippen molar-refractivity contribution in [2.75, 3.05) is 5.32 Å². The van der Waals surface area contributed by atoms with Gasteiger partial charge in [-0.3, -0.25) is 0 Å². The molecule has 0 heterocycles. The summed E-state index contributed by atoms with van der Waals surface area (Å²) in [5, 5.41) is 3.51. The van der Waals surface area contributed by atoms with Crippen LogP contribution in [-0.2, 0) is 0 Å². The van der Waals surface area contributed by atoms with Gasteiger partial charge >= 0.3 is 0 Å². The van der Waals surface area contributed by atoms with Crippen LogP contribution in [0.25, 0.3) is 0 Å². The van der Waals surface area contributed by atoms with E-state index in [4.69, 9.17) is 0 Å². The zero-order valence-electron chi connectivity index (χ0n) is 10.8. The number of anilines is 1. The Hall–Kier alpha value is -1.83. The number of hydrogen-bond acceptors (Lipinski definition) is 1. The number of halogens is 1. The molecular formula is C16H18FN. The van der Waals surface area contributed by atoms with Crippen molar-refractivity contribution in [2.45, 2.75) is 26.3 Å². The summed E-state index contributed by atoms with van der Waals surface area (Å²) in [4.78, 5) is 0. The van der Waals surface area contributed by atoms with Gasteiger partial charge in [-0.25, -0.2) is 4.39 Å². The van der Waals surface area contributed by atoms with Crippen LogP contribution < -0.4 is 5.32 Å². The number of hydrogen-bond donors (Lipinski definition) is 1. The predicted octanol–water partition coefficient (Wildman–Crippen LogP) is 4.70. The van der Waals surface area contributed by atoms with E-state index in [-0.39, 0.29) is 11.9 Å². The zero-order valence-corrected chi connectivity index (χ0v) is 10.8. The van der Waals surface area contributed by atoms with Crippen molar-refractivity contribution in [1.29, 1.82) is 0 Å². The molecule has 0 aromatic heterocycles. The number of nitrogens with one attached hydrogen (secondary N) is 1. The molecule has 18 heavy (non-hydrogen) atoms. The Morgan fingerprint density at radius 3 is 2.33 bits per heavy atom. The van der Waals surface area contributed by atoms with E-state index in [2.05, 4.69) is 31.3 Å². The molecule has 0 aliphatic heterocycles. The highest BCUT2D eigenvalue weighted by Gasteiger charge is 2.09. The van der Waals surface area contributed by atoms with E-state index in [1.165, 1.54) is 17.7 Å². The summed E-state index contributed by atoms with van der Waals surface area (Å²) in [6, 6.07) is 15.1. The summed E-state index contributed by atoms with van der Waals surface area (Å²) >= 11 is 0. The number of para-hydroxylation sites is 1. The van der Waals surface area contributed by atoms with Gasteiger partial charge in [-0.05, 0) is 42.7 Å². The lowest BCUT2D eigenvalue weighted by Gasteiger charge is -2.20. The van der Waals surface area contributed by atoms with Crippen molar-refractivity contribution in [1.82, 2.24) is 0 Å². The summed E-state index contributed by atoms with van der Waals surface area (Å²) in [7, 11) is 0. The average molecular weight is 243 g/mol. The van der Waals surface area contributed by atoms with E-state index in [0.717, 1.165) is 17.7 Å². The van der Waals surface area contributed by atoms with Crippen LogP contribution in [0.4, 0.5) is 10.1 Å². The predicted molar refractivity (Wildman–Crippen MR) is 74.2 cm³/mol. The maximum atomic E-state index is 12.9. The SMILES string of the molecule is CCC(Nc1ccccc1C)c1ccc(F)cc1. The molecule has 94 valence electrons. The van der Waals surface area contributed by atoms with E-state index in [9.17, 15) is 4.39 Å². The lowest BCUT2D eigenvalue weighted by atomic mass is 10.0.